The zero-order chi connectivity index (χ0) is 18.5. The number of ether oxygens (including phenoxy) is 2. The lowest BCUT2D eigenvalue weighted by Crippen LogP contribution is -2.13. The standard InChI is InChI=1S/C21H18O5/c1-14-12-19(22)25-15(2)20(14)21(23)24-13-16-8-6-7-11-18(16)26-17-9-4-3-5-10-17/h3-12H,13H2,1-2H3. The summed E-state index contributed by atoms with van der Waals surface area (Å²) in [6, 6.07) is 18.0. The molecular formula is C21H18O5. The van der Waals surface area contributed by atoms with Crippen molar-refractivity contribution in [1.29, 1.82) is 0 Å². The Kier molecular flexibility index (Phi) is 5.17. The summed E-state index contributed by atoms with van der Waals surface area (Å²) in [7, 11) is 0. The van der Waals surface area contributed by atoms with Crippen molar-refractivity contribution in [3.05, 3.63) is 93.5 Å². The van der Waals surface area contributed by atoms with Crippen LogP contribution in [0.2, 0.25) is 0 Å². The number of hydrogen-bond donors (Lipinski definition) is 0. The van der Waals surface area contributed by atoms with Gasteiger partial charge in [0.25, 0.3) is 0 Å². The van der Waals surface area contributed by atoms with Crippen molar-refractivity contribution < 1.29 is 18.7 Å². The molecule has 0 saturated heterocycles. The van der Waals surface area contributed by atoms with Gasteiger partial charge >= 0.3 is 11.6 Å². The first-order valence-electron chi connectivity index (χ1n) is 8.14. The van der Waals surface area contributed by atoms with Gasteiger partial charge in [0.05, 0.1) is 0 Å². The molecule has 0 N–H and O–H groups in total. The maximum atomic E-state index is 12.4. The van der Waals surface area contributed by atoms with Crippen molar-refractivity contribution in [2.24, 2.45) is 0 Å². The summed E-state index contributed by atoms with van der Waals surface area (Å²) < 4.78 is 16.3. The van der Waals surface area contributed by atoms with E-state index in [4.69, 9.17) is 13.9 Å². The van der Waals surface area contributed by atoms with Gasteiger partial charge in [0.1, 0.15) is 29.4 Å². The van der Waals surface area contributed by atoms with Crippen LogP contribution in [-0.2, 0) is 11.3 Å². The second-order valence-electron chi connectivity index (χ2n) is 5.78. The van der Waals surface area contributed by atoms with Crippen LogP contribution < -0.4 is 10.4 Å². The molecule has 132 valence electrons. The summed E-state index contributed by atoms with van der Waals surface area (Å²) >= 11 is 0. The number of carbonyl (C=O) groups is 1. The lowest BCUT2D eigenvalue weighted by atomic mass is 10.1. The molecule has 3 rings (SSSR count). The minimum absolute atomic E-state index is 0.0415. The van der Waals surface area contributed by atoms with E-state index in [9.17, 15) is 9.59 Å². The summed E-state index contributed by atoms with van der Waals surface area (Å²) in [5.74, 6) is 1.01. The molecule has 1 aromatic heterocycles. The number of aryl methyl sites for hydroxylation is 2. The monoisotopic (exact) mass is 350 g/mol. The number of esters is 1. The van der Waals surface area contributed by atoms with Gasteiger partial charge in [-0.05, 0) is 37.6 Å². The van der Waals surface area contributed by atoms with Gasteiger partial charge in [-0.3, -0.25) is 0 Å². The molecule has 5 heteroatoms. The highest BCUT2D eigenvalue weighted by molar-refractivity contribution is 5.91. The van der Waals surface area contributed by atoms with Crippen molar-refractivity contribution in [1.82, 2.24) is 0 Å². The Labute approximate surface area is 150 Å². The van der Waals surface area contributed by atoms with Crippen LogP contribution in [0.15, 0.2) is 69.9 Å². The van der Waals surface area contributed by atoms with Gasteiger partial charge in [0, 0.05) is 11.6 Å². The van der Waals surface area contributed by atoms with Crippen molar-refractivity contribution in [2.75, 3.05) is 0 Å². The third kappa shape index (κ3) is 4.00. The molecule has 0 amide bonds. The van der Waals surface area contributed by atoms with Gasteiger partial charge in [0.15, 0.2) is 0 Å². The zero-order valence-electron chi connectivity index (χ0n) is 14.5. The minimum atomic E-state index is -0.543. The Morgan fingerprint density at radius 1 is 1.00 bits per heavy atom. The van der Waals surface area contributed by atoms with E-state index in [1.165, 1.54) is 6.07 Å². The second kappa shape index (κ2) is 7.70. The molecule has 5 nitrogen and oxygen atoms in total. The highest BCUT2D eigenvalue weighted by Crippen LogP contribution is 2.26. The predicted molar refractivity (Wildman–Crippen MR) is 96.5 cm³/mol. The molecule has 0 saturated carbocycles. The van der Waals surface area contributed by atoms with E-state index in [2.05, 4.69) is 0 Å². The molecule has 0 fully saturated rings. The molecule has 0 unspecified atom stereocenters. The van der Waals surface area contributed by atoms with Gasteiger partial charge in [-0.2, -0.15) is 0 Å². The van der Waals surface area contributed by atoms with Gasteiger partial charge in [-0.15, -0.1) is 0 Å². The van der Waals surface area contributed by atoms with E-state index in [1.807, 2.05) is 54.6 Å². The van der Waals surface area contributed by atoms with Gasteiger partial charge < -0.3 is 13.9 Å². The largest absolute Gasteiger partial charge is 0.457 e. The Morgan fingerprint density at radius 3 is 2.42 bits per heavy atom. The quantitative estimate of drug-likeness (QED) is 0.638. The van der Waals surface area contributed by atoms with Crippen LogP contribution in [0.3, 0.4) is 0 Å². The first kappa shape index (κ1) is 17.5. The van der Waals surface area contributed by atoms with Crippen LogP contribution in [-0.4, -0.2) is 5.97 Å². The summed E-state index contributed by atoms with van der Waals surface area (Å²) in [5, 5.41) is 0. The van der Waals surface area contributed by atoms with Crippen LogP contribution in [0.25, 0.3) is 0 Å². The molecule has 0 aliphatic carbocycles. The third-order valence-corrected chi connectivity index (χ3v) is 3.84. The average molecular weight is 350 g/mol. The molecule has 0 atom stereocenters. The number of rotatable bonds is 5. The van der Waals surface area contributed by atoms with E-state index in [0.717, 1.165) is 5.56 Å². The summed E-state index contributed by atoms with van der Waals surface area (Å²) in [6.07, 6.45) is 0. The minimum Gasteiger partial charge on any atom is -0.457 e. The van der Waals surface area contributed by atoms with Crippen molar-refractivity contribution in [3.8, 4) is 11.5 Å². The van der Waals surface area contributed by atoms with Crippen molar-refractivity contribution in [2.45, 2.75) is 20.5 Å². The van der Waals surface area contributed by atoms with E-state index >= 15 is 0 Å². The Bertz CT molecular complexity index is 947. The van der Waals surface area contributed by atoms with Gasteiger partial charge in [-0.25, -0.2) is 9.59 Å². The first-order valence-corrected chi connectivity index (χ1v) is 8.14. The number of para-hydroxylation sites is 2. The maximum absolute atomic E-state index is 12.4. The fourth-order valence-electron chi connectivity index (χ4n) is 2.62. The second-order valence-corrected chi connectivity index (χ2v) is 5.78. The fraction of sp³-hybridized carbons (Fsp3) is 0.143. The number of carbonyl (C=O) groups excluding carboxylic acids is 1. The van der Waals surface area contributed by atoms with Crippen LogP contribution in [0.1, 0.15) is 27.2 Å². The summed E-state index contributed by atoms with van der Waals surface area (Å²) in [5.41, 5.74) is 1.04. The molecule has 0 bridgehead atoms. The number of hydrogen-bond acceptors (Lipinski definition) is 5. The molecule has 2 aromatic carbocycles. The zero-order valence-corrected chi connectivity index (χ0v) is 14.5. The topological polar surface area (TPSA) is 65.7 Å². The average Bonchev–Trinajstić information content (AvgIpc) is 2.61. The van der Waals surface area contributed by atoms with E-state index < -0.39 is 11.6 Å². The Morgan fingerprint density at radius 2 is 1.69 bits per heavy atom. The highest BCUT2D eigenvalue weighted by atomic mass is 16.5. The van der Waals surface area contributed by atoms with Crippen LogP contribution in [0.4, 0.5) is 0 Å². The lowest BCUT2D eigenvalue weighted by Gasteiger charge is -2.12. The first-order chi connectivity index (χ1) is 12.5. The van der Waals surface area contributed by atoms with Crippen LogP contribution >= 0.6 is 0 Å². The lowest BCUT2D eigenvalue weighted by molar-refractivity contribution is 0.0465. The molecular weight excluding hydrogens is 332 g/mol. The van der Waals surface area contributed by atoms with E-state index in [1.54, 1.807) is 13.8 Å². The molecule has 3 aromatic rings. The Balaban J connectivity index is 1.76. The molecule has 1 heterocycles. The number of benzene rings is 2. The van der Waals surface area contributed by atoms with Gasteiger partial charge in [0.2, 0.25) is 0 Å². The molecule has 0 radical (unpaired) electrons. The fourth-order valence-corrected chi connectivity index (χ4v) is 2.62. The normalized spacial score (nSPS) is 10.4. The maximum Gasteiger partial charge on any atom is 0.342 e. The smallest absolute Gasteiger partial charge is 0.342 e. The van der Waals surface area contributed by atoms with Crippen LogP contribution in [0.5, 0.6) is 11.5 Å². The molecule has 26 heavy (non-hydrogen) atoms. The van der Waals surface area contributed by atoms with Crippen molar-refractivity contribution >= 4 is 5.97 Å². The molecule has 0 aliphatic heterocycles. The predicted octanol–water partition coefficient (Wildman–Crippen LogP) is 4.41. The Hall–Kier alpha value is -3.34. The SMILES string of the molecule is Cc1cc(=O)oc(C)c1C(=O)OCc1ccccc1Oc1ccccc1. The summed E-state index contributed by atoms with van der Waals surface area (Å²) in [4.78, 5) is 23.8. The molecule has 0 aliphatic rings. The van der Waals surface area contributed by atoms with Crippen LogP contribution in [0, 0.1) is 13.8 Å². The summed E-state index contributed by atoms with van der Waals surface area (Å²) in [6.45, 7) is 3.28. The van der Waals surface area contributed by atoms with Gasteiger partial charge in [-0.1, -0.05) is 36.4 Å². The molecule has 0 spiro atoms. The van der Waals surface area contributed by atoms with E-state index in [0.29, 0.717) is 17.1 Å². The van der Waals surface area contributed by atoms with E-state index in [-0.39, 0.29) is 17.9 Å². The highest BCUT2D eigenvalue weighted by Gasteiger charge is 2.17. The van der Waals surface area contributed by atoms with Crippen molar-refractivity contribution in [3.63, 3.8) is 0 Å². The third-order valence-electron chi connectivity index (χ3n) is 3.84.